The third-order valence-corrected chi connectivity index (χ3v) is 7.49. The van der Waals surface area contributed by atoms with Gasteiger partial charge in [0.25, 0.3) is 0 Å². The van der Waals surface area contributed by atoms with Crippen molar-refractivity contribution >= 4 is 28.1 Å². The molecule has 9 nitrogen and oxygen atoms in total. The summed E-state index contributed by atoms with van der Waals surface area (Å²) in [4.78, 5) is 20.0. The van der Waals surface area contributed by atoms with E-state index in [2.05, 4.69) is 25.4 Å². The molecule has 10 heteroatoms. The molecule has 2 N–H and O–H groups in total. The number of likely N-dealkylation sites (tertiary alicyclic amines) is 1. The first-order chi connectivity index (χ1) is 17.2. The van der Waals surface area contributed by atoms with Crippen molar-refractivity contribution in [3.63, 3.8) is 0 Å². The number of aromatic nitrogens is 3. The number of thiazole rings is 1. The summed E-state index contributed by atoms with van der Waals surface area (Å²) < 4.78 is 11.9. The number of methoxy groups -OCH3 is 1. The second-order valence-corrected chi connectivity index (χ2v) is 10.3. The number of hydrogen-bond donors (Lipinski definition) is 2. The van der Waals surface area contributed by atoms with Gasteiger partial charge in [0.2, 0.25) is 0 Å². The van der Waals surface area contributed by atoms with Crippen LogP contribution < -0.4 is 20.1 Å². The number of hydrogen-bond acceptors (Lipinski definition) is 10. The maximum Gasteiger partial charge on any atom is 0.173 e. The fourth-order valence-corrected chi connectivity index (χ4v) is 5.36. The first kappa shape index (κ1) is 24.2. The number of aryl methyl sites for hydroxylation is 1. The maximum absolute atomic E-state index is 6.18. The Hall–Kier alpha value is -2.53. The Bertz CT molecular complexity index is 1130. The summed E-state index contributed by atoms with van der Waals surface area (Å²) in [5, 5.41) is 8.88. The maximum atomic E-state index is 6.18. The van der Waals surface area contributed by atoms with Gasteiger partial charge in [0, 0.05) is 50.4 Å². The van der Waals surface area contributed by atoms with E-state index < -0.39 is 0 Å². The fraction of sp³-hybridized carbons (Fsp3) is 0.560. The first-order valence-corrected chi connectivity index (χ1v) is 13.4. The summed E-state index contributed by atoms with van der Waals surface area (Å²) in [7, 11) is 1.68. The van der Waals surface area contributed by atoms with Crippen molar-refractivity contribution in [2.24, 2.45) is 0 Å². The molecule has 0 atom stereocenters. The molecule has 0 amide bonds. The predicted octanol–water partition coefficient (Wildman–Crippen LogP) is 3.21. The lowest BCUT2D eigenvalue weighted by Gasteiger charge is -2.27. The largest absolute Gasteiger partial charge is 0.493 e. The van der Waals surface area contributed by atoms with Crippen molar-refractivity contribution in [1.29, 1.82) is 0 Å². The van der Waals surface area contributed by atoms with Crippen molar-refractivity contribution in [2.45, 2.75) is 26.2 Å². The topological polar surface area (TPSA) is 87.7 Å². The van der Waals surface area contributed by atoms with E-state index in [1.807, 2.05) is 25.3 Å². The van der Waals surface area contributed by atoms with Gasteiger partial charge >= 0.3 is 0 Å². The van der Waals surface area contributed by atoms with Crippen LogP contribution in [0.15, 0.2) is 18.3 Å². The van der Waals surface area contributed by atoms with Gasteiger partial charge in [0.05, 0.1) is 35.8 Å². The molecule has 5 rings (SSSR count). The molecule has 2 aliphatic heterocycles. The van der Waals surface area contributed by atoms with Crippen LogP contribution >= 0.6 is 11.3 Å². The molecule has 2 saturated heterocycles. The summed E-state index contributed by atoms with van der Waals surface area (Å²) in [6.45, 7) is 10.9. The molecular formula is C25H35N7O2S. The molecule has 1 aromatic carbocycles. The smallest absolute Gasteiger partial charge is 0.173 e. The van der Waals surface area contributed by atoms with E-state index in [0.29, 0.717) is 18.2 Å². The molecule has 2 aliphatic rings. The van der Waals surface area contributed by atoms with E-state index in [1.54, 1.807) is 18.4 Å². The Morgan fingerprint density at radius 3 is 2.63 bits per heavy atom. The van der Waals surface area contributed by atoms with Gasteiger partial charge in [-0.15, -0.1) is 11.3 Å². The molecule has 0 bridgehead atoms. The van der Waals surface area contributed by atoms with Crippen LogP contribution in [-0.2, 0) is 0 Å². The third kappa shape index (κ3) is 6.00. The van der Waals surface area contributed by atoms with Crippen LogP contribution in [0.2, 0.25) is 0 Å². The second-order valence-electron chi connectivity index (χ2n) is 9.11. The van der Waals surface area contributed by atoms with Crippen molar-refractivity contribution in [2.75, 3.05) is 71.5 Å². The minimum atomic E-state index is 0.651. The number of anilines is 1. The van der Waals surface area contributed by atoms with Gasteiger partial charge in [-0.3, -0.25) is 4.90 Å². The first-order valence-electron chi connectivity index (χ1n) is 12.5. The zero-order valence-corrected chi connectivity index (χ0v) is 21.5. The number of fused-ring (bicyclic) bond motifs is 1. The van der Waals surface area contributed by atoms with Crippen LogP contribution in [0.1, 0.15) is 24.3 Å². The lowest BCUT2D eigenvalue weighted by Crippen LogP contribution is -2.45. The number of ether oxygens (including phenoxy) is 2. The van der Waals surface area contributed by atoms with Crippen LogP contribution in [0.4, 0.5) is 5.82 Å². The van der Waals surface area contributed by atoms with E-state index >= 15 is 0 Å². The molecule has 0 unspecified atom stereocenters. The molecule has 4 heterocycles. The Morgan fingerprint density at radius 2 is 1.89 bits per heavy atom. The quantitative estimate of drug-likeness (QED) is 0.410. The van der Waals surface area contributed by atoms with Crippen LogP contribution in [-0.4, -0.2) is 91.0 Å². The molecule has 188 valence electrons. The van der Waals surface area contributed by atoms with E-state index in [4.69, 9.17) is 19.4 Å². The summed E-state index contributed by atoms with van der Waals surface area (Å²) in [6, 6.07) is 3.98. The highest BCUT2D eigenvalue weighted by atomic mass is 32.1. The minimum Gasteiger partial charge on any atom is -0.493 e. The highest BCUT2D eigenvalue weighted by Crippen LogP contribution is 2.36. The molecule has 3 aromatic rings. The standard InChI is InChI=1S/C25H35N7O2S/c1-18-27-16-23(35-18)25-29-20-15-22(34-13-5-10-31-8-3-4-9-31)21(33-2)14-19(20)24(30-25)28-17-32-11-6-26-7-12-32/h14-16,26H,3-13,17H2,1-2H3,(H,28,29,30). The Morgan fingerprint density at radius 1 is 1.06 bits per heavy atom. The number of rotatable bonds is 10. The molecule has 0 saturated carbocycles. The zero-order chi connectivity index (χ0) is 24.0. The minimum absolute atomic E-state index is 0.651. The SMILES string of the molecule is COc1cc2c(NCN3CCNCC3)nc(-c3cnc(C)s3)nc2cc1OCCCN1CCCC1. The van der Waals surface area contributed by atoms with Crippen LogP contribution in [0, 0.1) is 6.92 Å². The Labute approximate surface area is 210 Å². The molecule has 35 heavy (non-hydrogen) atoms. The lowest BCUT2D eigenvalue weighted by atomic mass is 10.2. The van der Waals surface area contributed by atoms with Gasteiger partial charge < -0.3 is 25.0 Å². The average Bonchev–Trinajstić information content (AvgIpc) is 3.57. The second kappa shape index (κ2) is 11.5. The Kier molecular flexibility index (Phi) is 7.92. The average molecular weight is 498 g/mol. The summed E-state index contributed by atoms with van der Waals surface area (Å²) in [6.07, 6.45) is 5.46. The lowest BCUT2D eigenvalue weighted by molar-refractivity contribution is 0.254. The van der Waals surface area contributed by atoms with Gasteiger partial charge in [-0.25, -0.2) is 15.0 Å². The van der Waals surface area contributed by atoms with Crippen molar-refractivity contribution < 1.29 is 9.47 Å². The summed E-state index contributed by atoms with van der Waals surface area (Å²) >= 11 is 1.60. The number of nitrogens with one attached hydrogen (secondary N) is 2. The van der Waals surface area contributed by atoms with Gasteiger partial charge in [0.1, 0.15) is 5.82 Å². The van der Waals surface area contributed by atoms with Crippen LogP contribution in [0.5, 0.6) is 11.5 Å². The summed E-state index contributed by atoms with van der Waals surface area (Å²) in [5.74, 6) is 2.90. The highest BCUT2D eigenvalue weighted by molar-refractivity contribution is 7.14. The van der Waals surface area contributed by atoms with Crippen LogP contribution in [0.3, 0.4) is 0 Å². The summed E-state index contributed by atoms with van der Waals surface area (Å²) in [5.41, 5.74) is 0.833. The van der Waals surface area contributed by atoms with Gasteiger partial charge in [-0.2, -0.15) is 0 Å². The molecular weight excluding hydrogens is 462 g/mol. The predicted molar refractivity (Wildman–Crippen MR) is 141 cm³/mol. The normalized spacial score (nSPS) is 17.2. The van der Waals surface area contributed by atoms with Gasteiger partial charge in [-0.1, -0.05) is 0 Å². The highest BCUT2D eigenvalue weighted by Gasteiger charge is 2.17. The third-order valence-electron chi connectivity index (χ3n) is 6.58. The van der Waals surface area contributed by atoms with E-state index in [0.717, 1.165) is 78.2 Å². The monoisotopic (exact) mass is 497 g/mol. The molecule has 0 aliphatic carbocycles. The number of nitrogens with zero attached hydrogens (tertiary/aromatic N) is 5. The van der Waals surface area contributed by atoms with Crippen molar-refractivity contribution in [1.82, 2.24) is 30.1 Å². The van der Waals surface area contributed by atoms with Gasteiger partial charge in [-0.05, 0) is 45.3 Å². The zero-order valence-electron chi connectivity index (χ0n) is 20.7. The van der Waals surface area contributed by atoms with Crippen molar-refractivity contribution in [3.8, 4) is 22.2 Å². The fourth-order valence-electron chi connectivity index (χ4n) is 4.65. The Balaban J connectivity index is 1.40. The number of benzene rings is 1. The van der Waals surface area contributed by atoms with E-state index in [-0.39, 0.29) is 0 Å². The van der Waals surface area contributed by atoms with Gasteiger partial charge in [0.15, 0.2) is 17.3 Å². The van der Waals surface area contributed by atoms with Crippen molar-refractivity contribution in [3.05, 3.63) is 23.3 Å². The molecule has 2 fully saturated rings. The molecule has 0 spiro atoms. The molecule has 2 aromatic heterocycles. The van der Waals surface area contributed by atoms with E-state index in [1.165, 1.54) is 25.9 Å². The van der Waals surface area contributed by atoms with Crippen LogP contribution in [0.25, 0.3) is 21.6 Å². The number of piperazine rings is 1. The molecule has 0 radical (unpaired) electrons. The van der Waals surface area contributed by atoms with E-state index in [9.17, 15) is 0 Å².